The minimum absolute atomic E-state index is 0.0376. The van der Waals surface area contributed by atoms with Gasteiger partial charge in [0.05, 0.1) is 16.6 Å². The first kappa shape index (κ1) is 9.92. The fourth-order valence-corrected chi connectivity index (χ4v) is 1.41. The predicted molar refractivity (Wildman–Crippen MR) is 54.6 cm³/mol. The van der Waals surface area contributed by atoms with Crippen LogP contribution in [0.25, 0.3) is 0 Å². The van der Waals surface area contributed by atoms with Crippen LogP contribution in [-0.2, 0) is 6.54 Å². The molecule has 0 spiro atoms. The van der Waals surface area contributed by atoms with Crippen LogP contribution in [0.2, 0.25) is 0 Å². The second-order valence-electron chi connectivity index (χ2n) is 3.53. The van der Waals surface area contributed by atoms with E-state index in [0.29, 0.717) is 11.3 Å². The summed E-state index contributed by atoms with van der Waals surface area (Å²) in [6.45, 7) is 0.124. The minimum Gasteiger partial charge on any atom is -0.490 e. The van der Waals surface area contributed by atoms with E-state index < -0.39 is 4.92 Å². The van der Waals surface area contributed by atoms with Crippen molar-refractivity contribution < 1.29 is 9.66 Å². The molecule has 5 nitrogen and oxygen atoms in total. The molecule has 0 aliphatic heterocycles. The van der Waals surface area contributed by atoms with E-state index in [1.807, 2.05) is 0 Å². The van der Waals surface area contributed by atoms with E-state index in [0.717, 1.165) is 12.8 Å². The zero-order valence-corrected chi connectivity index (χ0v) is 8.18. The summed E-state index contributed by atoms with van der Waals surface area (Å²) >= 11 is 0. The van der Waals surface area contributed by atoms with Gasteiger partial charge in [0.15, 0.2) is 0 Å². The molecule has 0 aromatic heterocycles. The van der Waals surface area contributed by atoms with Crippen molar-refractivity contribution in [1.82, 2.24) is 0 Å². The summed E-state index contributed by atoms with van der Waals surface area (Å²) in [7, 11) is 0. The fourth-order valence-electron chi connectivity index (χ4n) is 1.41. The first-order chi connectivity index (χ1) is 7.22. The van der Waals surface area contributed by atoms with Crippen LogP contribution in [0.15, 0.2) is 18.2 Å². The number of hydrogen-bond acceptors (Lipinski definition) is 4. The van der Waals surface area contributed by atoms with Crippen molar-refractivity contribution in [3.8, 4) is 5.75 Å². The maximum absolute atomic E-state index is 10.7. The Bertz CT molecular complexity index is 388. The van der Waals surface area contributed by atoms with E-state index in [1.54, 1.807) is 12.1 Å². The Morgan fingerprint density at radius 2 is 2.27 bits per heavy atom. The van der Waals surface area contributed by atoms with E-state index in [4.69, 9.17) is 10.5 Å². The van der Waals surface area contributed by atoms with Crippen molar-refractivity contribution in [1.29, 1.82) is 0 Å². The van der Waals surface area contributed by atoms with Gasteiger partial charge in [-0.05, 0) is 18.9 Å². The molecule has 1 aromatic rings. The molecule has 2 rings (SSSR count). The quantitative estimate of drug-likeness (QED) is 0.602. The molecule has 0 radical (unpaired) electrons. The number of nitro groups is 1. The number of benzene rings is 1. The number of nitrogens with zero attached hydrogens (tertiary/aromatic N) is 1. The molecule has 5 heteroatoms. The zero-order valence-electron chi connectivity index (χ0n) is 8.18. The predicted octanol–water partition coefficient (Wildman–Crippen LogP) is 1.59. The Morgan fingerprint density at radius 1 is 1.53 bits per heavy atom. The van der Waals surface area contributed by atoms with Gasteiger partial charge < -0.3 is 10.5 Å². The van der Waals surface area contributed by atoms with Crippen LogP contribution in [0.3, 0.4) is 0 Å². The molecule has 15 heavy (non-hydrogen) atoms. The lowest BCUT2D eigenvalue weighted by atomic mass is 10.1. The third kappa shape index (κ3) is 2.07. The fraction of sp³-hybridized carbons (Fsp3) is 0.400. The van der Waals surface area contributed by atoms with Crippen LogP contribution in [-0.4, -0.2) is 11.0 Å². The molecule has 2 N–H and O–H groups in total. The molecule has 1 aromatic carbocycles. The normalized spacial score (nSPS) is 15.0. The Hall–Kier alpha value is -1.62. The first-order valence-corrected chi connectivity index (χ1v) is 4.85. The van der Waals surface area contributed by atoms with Crippen LogP contribution in [0.1, 0.15) is 18.4 Å². The lowest BCUT2D eigenvalue weighted by Gasteiger charge is -2.09. The largest absolute Gasteiger partial charge is 0.490 e. The molecule has 1 aliphatic carbocycles. The number of nitrogens with two attached hydrogens (primary N) is 1. The van der Waals surface area contributed by atoms with Crippen molar-refractivity contribution in [2.45, 2.75) is 25.5 Å². The van der Waals surface area contributed by atoms with Crippen molar-refractivity contribution >= 4 is 5.69 Å². The standard InChI is InChI=1S/C10H12N2O3/c11-6-8-9(12(13)14)2-1-3-10(8)15-7-4-5-7/h1-3,7H,4-6,11H2. The summed E-state index contributed by atoms with van der Waals surface area (Å²) in [5, 5.41) is 10.7. The van der Waals surface area contributed by atoms with E-state index >= 15 is 0 Å². The maximum atomic E-state index is 10.7. The molecule has 0 heterocycles. The summed E-state index contributed by atoms with van der Waals surface area (Å²) in [6, 6.07) is 4.80. The van der Waals surface area contributed by atoms with Gasteiger partial charge in [0.1, 0.15) is 5.75 Å². The van der Waals surface area contributed by atoms with Crippen LogP contribution in [0.4, 0.5) is 5.69 Å². The monoisotopic (exact) mass is 208 g/mol. The summed E-state index contributed by atoms with van der Waals surface area (Å²) in [4.78, 5) is 10.3. The van der Waals surface area contributed by atoms with E-state index in [1.165, 1.54) is 6.07 Å². The molecule has 1 fully saturated rings. The zero-order chi connectivity index (χ0) is 10.8. The summed E-state index contributed by atoms with van der Waals surface area (Å²) in [5.74, 6) is 0.550. The van der Waals surface area contributed by atoms with E-state index in [9.17, 15) is 10.1 Å². The molecular formula is C10H12N2O3. The van der Waals surface area contributed by atoms with Crippen molar-refractivity contribution in [2.75, 3.05) is 0 Å². The highest BCUT2D eigenvalue weighted by Gasteiger charge is 2.26. The molecule has 1 aliphatic rings. The van der Waals surface area contributed by atoms with Crippen molar-refractivity contribution in [2.24, 2.45) is 5.73 Å². The highest BCUT2D eigenvalue weighted by atomic mass is 16.6. The van der Waals surface area contributed by atoms with Gasteiger partial charge in [-0.15, -0.1) is 0 Å². The van der Waals surface area contributed by atoms with Gasteiger partial charge in [0.2, 0.25) is 0 Å². The Labute approximate surface area is 87.0 Å². The van der Waals surface area contributed by atoms with E-state index in [-0.39, 0.29) is 18.3 Å². The number of hydrogen-bond donors (Lipinski definition) is 1. The van der Waals surface area contributed by atoms with Gasteiger partial charge >= 0.3 is 0 Å². The minimum atomic E-state index is -0.429. The third-order valence-corrected chi connectivity index (χ3v) is 2.33. The lowest BCUT2D eigenvalue weighted by molar-refractivity contribution is -0.385. The Kier molecular flexibility index (Phi) is 2.55. The van der Waals surface area contributed by atoms with Gasteiger partial charge in [-0.25, -0.2) is 0 Å². The SMILES string of the molecule is NCc1c(OC2CC2)cccc1[N+](=O)[O-]. The first-order valence-electron chi connectivity index (χ1n) is 4.85. The smallest absolute Gasteiger partial charge is 0.277 e. The van der Waals surface area contributed by atoms with Crippen molar-refractivity contribution in [3.05, 3.63) is 33.9 Å². The lowest BCUT2D eigenvalue weighted by Crippen LogP contribution is -2.06. The van der Waals surface area contributed by atoms with Gasteiger partial charge in [-0.3, -0.25) is 10.1 Å². The topological polar surface area (TPSA) is 78.4 Å². The highest BCUT2D eigenvalue weighted by molar-refractivity contribution is 5.49. The summed E-state index contributed by atoms with van der Waals surface area (Å²) < 4.78 is 5.55. The number of ether oxygens (including phenoxy) is 1. The average Bonchev–Trinajstić information content (AvgIpc) is 3.01. The summed E-state index contributed by atoms with van der Waals surface area (Å²) in [6.07, 6.45) is 2.26. The van der Waals surface area contributed by atoms with Crippen LogP contribution in [0, 0.1) is 10.1 Å². The summed E-state index contributed by atoms with van der Waals surface area (Å²) in [5.41, 5.74) is 6.02. The van der Waals surface area contributed by atoms with Crippen molar-refractivity contribution in [3.63, 3.8) is 0 Å². The molecular weight excluding hydrogens is 196 g/mol. The second kappa shape index (κ2) is 3.86. The van der Waals surface area contributed by atoms with Gasteiger partial charge in [-0.2, -0.15) is 0 Å². The molecule has 1 saturated carbocycles. The Morgan fingerprint density at radius 3 is 2.80 bits per heavy atom. The van der Waals surface area contributed by atoms with Gasteiger partial charge in [0.25, 0.3) is 5.69 Å². The van der Waals surface area contributed by atoms with Crippen LogP contribution in [0.5, 0.6) is 5.75 Å². The second-order valence-corrected chi connectivity index (χ2v) is 3.53. The van der Waals surface area contributed by atoms with Gasteiger partial charge in [0, 0.05) is 12.6 Å². The van der Waals surface area contributed by atoms with Crippen LogP contribution < -0.4 is 10.5 Å². The molecule has 0 bridgehead atoms. The average molecular weight is 208 g/mol. The third-order valence-electron chi connectivity index (χ3n) is 2.33. The molecule has 80 valence electrons. The maximum Gasteiger partial charge on any atom is 0.277 e. The molecule has 0 saturated heterocycles. The highest BCUT2D eigenvalue weighted by Crippen LogP contribution is 2.33. The number of nitro benzene ring substituents is 1. The number of rotatable bonds is 4. The molecule has 0 atom stereocenters. The van der Waals surface area contributed by atoms with E-state index in [2.05, 4.69) is 0 Å². The van der Waals surface area contributed by atoms with Gasteiger partial charge in [-0.1, -0.05) is 6.07 Å². The van der Waals surface area contributed by atoms with Crippen LogP contribution >= 0.6 is 0 Å². The molecule has 0 amide bonds. The molecule has 0 unspecified atom stereocenters. The Balaban J connectivity index is 2.34.